The van der Waals surface area contributed by atoms with Crippen molar-refractivity contribution in [3.63, 3.8) is 0 Å². The summed E-state index contributed by atoms with van der Waals surface area (Å²) in [4.78, 5) is 4.61. The largest absolute Gasteiger partial charge is 0.490 e. The molecule has 5 nitrogen and oxygen atoms in total. The van der Waals surface area contributed by atoms with Gasteiger partial charge >= 0.3 is 0 Å². The number of unbranched alkanes of at least 4 members (excludes halogenated alkanes) is 21. The maximum Gasteiger partial charge on any atom is 0.203 e. The number of aromatic nitrogens is 1. The first-order valence-electron chi connectivity index (χ1n) is 20.7. The smallest absolute Gasteiger partial charge is 0.203 e. The number of hydrogen-bond donors (Lipinski definition) is 0. The number of pyridine rings is 1. The Labute approximate surface area is 307 Å². The van der Waals surface area contributed by atoms with Gasteiger partial charge < -0.3 is 14.2 Å². The van der Waals surface area contributed by atoms with E-state index in [1.807, 2.05) is 43.3 Å². The zero-order valence-corrected chi connectivity index (χ0v) is 32.7. The summed E-state index contributed by atoms with van der Waals surface area (Å²) in [5.41, 5.74) is 2.94. The Hall–Kier alpha value is -3.00. The molecule has 50 heavy (non-hydrogen) atoms. The SMILES string of the molecule is CCCCCCCCCCOc1cc(/C=C(/C#N)c2cccc(C)n2)cc(OCCCCCCCCCC)c1OCCCCCCCCCC. The normalized spacial score (nSPS) is 11.5. The Morgan fingerprint density at radius 1 is 0.580 bits per heavy atom. The van der Waals surface area contributed by atoms with Crippen LogP contribution in [0.25, 0.3) is 11.6 Å². The Kier molecular flexibility index (Phi) is 25.6. The summed E-state index contributed by atoms with van der Waals surface area (Å²) in [6.07, 6.45) is 32.0. The van der Waals surface area contributed by atoms with Crippen molar-refractivity contribution in [2.45, 2.75) is 182 Å². The lowest BCUT2D eigenvalue weighted by Gasteiger charge is -2.18. The minimum atomic E-state index is 0.518. The van der Waals surface area contributed by atoms with Crippen molar-refractivity contribution >= 4 is 11.6 Å². The molecule has 0 spiro atoms. The van der Waals surface area contributed by atoms with E-state index in [0.717, 1.165) is 30.5 Å². The average molecular weight is 689 g/mol. The molecule has 0 radical (unpaired) electrons. The Morgan fingerprint density at radius 2 is 0.980 bits per heavy atom. The van der Waals surface area contributed by atoms with Gasteiger partial charge in [0, 0.05) is 5.69 Å². The highest BCUT2D eigenvalue weighted by molar-refractivity contribution is 5.89. The number of allylic oxidation sites excluding steroid dienone is 1. The predicted octanol–water partition coefficient (Wildman–Crippen LogP) is 14.0. The van der Waals surface area contributed by atoms with Crippen molar-refractivity contribution in [2.24, 2.45) is 0 Å². The lowest BCUT2D eigenvalue weighted by atomic mass is 10.1. The van der Waals surface area contributed by atoms with Crippen LogP contribution in [0, 0.1) is 18.3 Å². The fourth-order valence-electron chi connectivity index (χ4n) is 6.31. The molecule has 2 aromatic rings. The Morgan fingerprint density at radius 3 is 1.38 bits per heavy atom. The first kappa shape index (κ1) is 43.2. The number of rotatable bonds is 32. The van der Waals surface area contributed by atoms with E-state index in [4.69, 9.17) is 14.2 Å². The topological polar surface area (TPSA) is 64.4 Å². The molecule has 0 bridgehead atoms. The predicted molar refractivity (Wildman–Crippen MR) is 213 cm³/mol. The zero-order valence-electron chi connectivity index (χ0n) is 32.7. The van der Waals surface area contributed by atoms with Crippen LogP contribution in [0.2, 0.25) is 0 Å². The molecule has 0 aliphatic heterocycles. The molecule has 0 fully saturated rings. The lowest BCUT2D eigenvalue weighted by molar-refractivity contribution is 0.234. The van der Waals surface area contributed by atoms with Gasteiger partial charge in [-0.25, -0.2) is 0 Å². The molecule has 0 aliphatic carbocycles. The number of nitriles is 1. The highest BCUT2D eigenvalue weighted by atomic mass is 16.5. The van der Waals surface area contributed by atoms with Crippen molar-refractivity contribution < 1.29 is 14.2 Å². The molecule has 0 amide bonds. The molecule has 0 aliphatic rings. The van der Waals surface area contributed by atoms with Gasteiger partial charge in [-0.1, -0.05) is 162 Å². The molecular formula is C45H72N2O3. The summed E-state index contributed by atoms with van der Waals surface area (Å²) >= 11 is 0. The highest BCUT2D eigenvalue weighted by Crippen LogP contribution is 2.40. The van der Waals surface area contributed by atoms with Crippen LogP contribution in [-0.2, 0) is 0 Å². The van der Waals surface area contributed by atoms with Crippen LogP contribution in [-0.4, -0.2) is 24.8 Å². The van der Waals surface area contributed by atoms with Gasteiger partial charge in [-0.05, 0) is 62.1 Å². The molecule has 2 rings (SSSR count). The van der Waals surface area contributed by atoms with Gasteiger partial charge in [0.1, 0.15) is 6.07 Å². The van der Waals surface area contributed by atoms with Crippen LogP contribution < -0.4 is 14.2 Å². The van der Waals surface area contributed by atoms with Gasteiger partial charge in [-0.3, -0.25) is 4.98 Å². The van der Waals surface area contributed by atoms with Crippen LogP contribution >= 0.6 is 0 Å². The van der Waals surface area contributed by atoms with E-state index in [1.165, 1.54) is 135 Å². The number of benzene rings is 1. The molecular weight excluding hydrogens is 617 g/mol. The van der Waals surface area contributed by atoms with E-state index in [-0.39, 0.29) is 0 Å². The summed E-state index contributed by atoms with van der Waals surface area (Å²) < 4.78 is 19.5. The fourth-order valence-corrected chi connectivity index (χ4v) is 6.31. The van der Waals surface area contributed by atoms with E-state index in [9.17, 15) is 5.26 Å². The van der Waals surface area contributed by atoms with Crippen molar-refractivity contribution in [3.05, 3.63) is 47.3 Å². The number of ether oxygens (including phenoxy) is 3. The van der Waals surface area contributed by atoms with Gasteiger partial charge in [0.2, 0.25) is 5.75 Å². The third-order valence-corrected chi connectivity index (χ3v) is 9.39. The molecule has 1 heterocycles. The molecule has 1 aromatic heterocycles. The summed E-state index contributed by atoms with van der Waals surface area (Å²) in [7, 11) is 0. The van der Waals surface area contributed by atoms with Crippen molar-refractivity contribution in [2.75, 3.05) is 19.8 Å². The maximum atomic E-state index is 10.1. The van der Waals surface area contributed by atoms with Crippen LogP contribution in [0.15, 0.2) is 30.3 Å². The zero-order chi connectivity index (χ0) is 35.9. The van der Waals surface area contributed by atoms with Gasteiger partial charge in [0.25, 0.3) is 0 Å². The number of aryl methyl sites for hydroxylation is 1. The molecule has 5 heteroatoms. The van der Waals surface area contributed by atoms with Crippen LogP contribution in [0.1, 0.15) is 192 Å². The Bertz CT molecular complexity index is 1160. The standard InChI is InChI=1S/C45H72N2O3/c1-5-8-11-14-17-20-23-26-32-48-43-36-40(35-41(38-46)42-31-29-30-39(4)47-42)37-44(49-33-27-24-21-18-15-12-9-6-2)45(43)50-34-28-25-22-19-16-13-10-7-3/h29-31,35-37H,5-28,32-34H2,1-4H3/b41-35-. The summed E-state index contributed by atoms with van der Waals surface area (Å²) in [5, 5.41) is 10.1. The quantitative estimate of drug-likeness (QED) is 0.0565. The van der Waals surface area contributed by atoms with E-state index in [0.29, 0.717) is 48.3 Å². The molecule has 280 valence electrons. The van der Waals surface area contributed by atoms with Crippen molar-refractivity contribution in [3.8, 4) is 23.3 Å². The number of hydrogen-bond acceptors (Lipinski definition) is 5. The minimum absolute atomic E-state index is 0.518. The molecule has 0 saturated carbocycles. The van der Waals surface area contributed by atoms with Gasteiger partial charge in [-0.15, -0.1) is 0 Å². The molecule has 0 unspecified atom stereocenters. The van der Waals surface area contributed by atoms with E-state index >= 15 is 0 Å². The summed E-state index contributed by atoms with van der Waals surface area (Å²) in [6.45, 7) is 10.7. The molecule has 0 atom stereocenters. The molecule has 0 saturated heterocycles. The first-order valence-corrected chi connectivity index (χ1v) is 20.7. The van der Waals surface area contributed by atoms with E-state index < -0.39 is 0 Å². The van der Waals surface area contributed by atoms with Gasteiger partial charge in [0.15, 0.2) is 11.5 Å². The fraction of sp³-hybridized carbons (Fsp3) is 0.689. The average Bonchev–Trinajstić information content (AvgIpc) is 3.12. The van der Waals surface area contributed by atoms with Gasteiger partial charge in [0.05, 0.1) is 31.1 Å². The lowest BCUT2D eigenvalue weighted by Crippen LogP contribution is -2.07. The second kappa shape index (κ2) is 29.7. The van der Waals surface area contributed by atoms with Crippen LogP contribution in [0.5, 0.6) is 17.2 Å². The van der Waals surface area contributed by atoms with Gasteiger partial charge in [-0.2, -0.15) is 5.26 Å². The summed E-state index contributed by atoms with van der Waals surface area (Å²) in [6, 6.07) is 12.2. The monoisotopic (exact) mass is 689 g/mol. The molecule has 0 N–H and O–H groups in total. The van der Waals surface area contributed by atoms with E-state index in [1.54, 1.807) is 0 Å². The van der Waals surface area contributed by atoms with Crippen LogP contribution in [0.3, 0.4) is 0 Å². The summed E-state index contributed by atoms with van der Waals surface area (Å²) in [5.74, 6) is 2.12. The number of nitrogens with zero attached hydrogens (tertiary/aromatic N) is 2. The highest BCUT2D eigenvalue weighted by Gasteiger charge is 2.17. The van der Waals surface area contributed by atoms with Crippen molar-refractivity contribution in [1.82, 2.24) is 4.98 Å². The van der Waals surface area contributed by atoms with E-state index in [2.05, 4.69) is 31.8 Å². The van der Waals surface area contributed by atoms with Crippen LogP contribution in [0.4, 0.5) is 0 Å². The molecule has 1 aromatic carbocycles. The van der Waals surface area contributed by atoms with Crippen molar-refractivity contribution in [1.29, 1.82) is 5.26 Å². The second-order valence-corrected chi connectivity index (χ2v) is 14.2. The third-order valence-electron chi connectivity index (χ3n) is 9.39. The minimum Gasteiger partial charge on any atom is -0.490 e. The third kappa shape index (κ3) is 20.0. The Balaban J connectivity index is 2.20. The maximum absolute atomic E-state index is 10.1. The second-order valence-electron chi connectivity index (χ2n) is 14.2. The first-order chi connectivity index (χ1) is 24.6.